The molecular weight excluding hydrogens is 230 g/mol. The van der Waals surface area contributed by atoms with Gasteiger partial charge in [0.05, 0.1) is 6.04 Å². The maximum absolute atomic E-state index is 5.67. The van der Waals surface area contributed by atoms with Gasteiger partial charge in [-0.2, -0.15) is 0 Å². The fraction of sp³-hybridized carbons (Fsp3) is 0.846. The zero-order valence-corrected chi connectivity index (χ0v) is 11.7. The molecule has 0 saturated heterocycles. The van der Waals surface area contributed by atoms with Crippen molar-refractivity contribution >= 4 is 0 Å². The Kier molecular flexibility index (Phi) is 7.60. The number of nitrogens with zero attached hydrogens (tertiary/aromatic N) is 2. The molecular formula is C13H25N3O2. The lowest BCUT2D eigenvalue weighted by Crippen LogP contribution is -2.21. The van der Waals surface area contributed by atoms with Crippen LogP contribution in [0.15, 0.2) is 4.42 Å². The molecule has 0 radical (unpaired) electrons. The van der Waals surface area contributed by atoms with Crippen LogP contribution in [0.2, 0.25) is 0 Å². The molecule has 0 saturated carbocycles. The highest BCUT2D eigenvalue weighted by Gasteiger charge is 2.15. The second-order valence-corrected chi connectivity index (χ2v) is 4.25. The lowest BCUT2D eigenvalue weighted by molar-refractivity contribution is 0.143. The predicted octanol–water partition coefficient (Wildman–Crippen LogP) is 2.49. The lowest BCUT2D eigenvalue weighted by atomic mass is 10.2. The summed E-state index contributed by atoms with van der Waals surface area (Å²) in [6.07, 6.45) is 3.78. The zero-order chi connectivity index (χ0) is 13.2. The molecule has 1 rings (SSSR count). The Balaban J connectivity index is 2.40. The normalized spacial score (nSPS) is 12.8. The van der Waals surface area contributed by atoms with E-state index < -0.39 is 0 Å². The molecule has 1 aromatic heterocycles. The van der Waals surface area contributed by atoms with Crippen LogP contribution >= 0.6 is 0 Å². The minimum absolute atomic E-state index is 0.179. The number of aryl methyl sites for hydroxylation is 1. The van der Waals surface area contributed by atoms with Crippen LogP contribution in [0.4, 0.5) is 0 Å². The van der Waals surface area contributed by atoms with Gasteiger partial charge in [-0.1, -0.05) is 13.8 Å². The summed E-state index contributed by atoms with van der Waals surface area (Å²) in [5.74, 6) is 1.42. The number of hydrogen-bond acceptors (Lipinski definition) is 5. The highest BCUT2D eigenvalue weighted by atomic mass is 16.5. The van der Waals surface area contributed by atoms with Crippen LogP contribution < -0.4 is 5.32 Å². The fourth-order valence-electron chi connectivity index (χ4n) is 1.70. The van der Waals surface area contributed by atoms with Gasteiger partial charge < -0.3 is 14.5 Å². The summed E-state index contributed by atoms with van der Waals surface area (Å²) in [6, 6.07) is 0.179. The smallest absolute Gasteiger partial charge is 0.233 e. The SMILES string of the molecule is CCCNC(CC)c1nnc(CCCOCC)o1. The second kappa shape index (κ2) is 9.05. The van der Waals surface area contributed by atoms with Crippen molar-refractivity contribution in [2.75, 3.05) is 19.8 Å². The molecule has 0 aliphatic heterocycles. The van der Waals surface area contributed by atoms with Gasteiger partial charge in [0.25, 0.3) is 0 Å². The van der Waals surface area contributed by atoms with Crippen LogP contribution in [0, 0.1) is 0 Å². The Bertz CT molecular complexity index is 315. The van der Waals surface area contributed by atoms with Gasteiger partial charge in [0.1, 0.15) is 0 Å². The first-order valence-electron chi connectivity index (χ1n) is 6.95. The van der Waals surface area contributed by atoms with Crippen LogP contribution in [-0.2, 0) is 11.2 Å². The second-order valence-electron chi connectivity index (χ2n) is 4.25. The number of ether oxygens (including phenoxy) is 1. The highest BCUT2D eigenvalue weighted by molar-refractivity contribution is 4.89. The molecule has 1 aromatic rings. The average Bonchev–Trinajstić information content (AvgIpc) is 2.84. The number of aromatic nitrogens is 2. The Morgan fingerprint density at radius 2 is 2.11 bits per heavy atom. The van der Waals surface area contributed by atoms with Gasteiger partial charge >= 0.3 is 0 Å². The van der Waals surface area contributed by atoms with E-state index in [4.69, 9.17) is 9.15 Å². The highest BCUT2D eigenvalue weighted by Crippen LogP contribution is 2.15. The summed E-state index contributed by atoms with van der Waals surface area (Å²) in [7, 11) is 0. The van der Waals surface area contributed by atoms with E-state index in [0.29, 0.717) is 11.8 Å². The Morgan fingerprint density at radius 1 is 1.28 bits per heavy atom. The molecule has 5 nitrogen and oxygen atoms in total. The van der Waals surface area contributed by atoms with Gasteiger partial charge in [0.15, 0.2) is 0 Å². The average molecular weight is 255 g/mol. The van der Waals surface area contributed by atoms with Crippen LogP contribution in [0.3, 0.4) is 0 Å². The van der Waals surface area contributed by atoms with E-state index in [0.717, 1.165) is 45.4 Å². The molecule has 0 spiro atoms. The largest absolute Gasteiger partial charge is 0.424 e. The molecule has 18 heavy (non-hydrogen) atoms. The topological polar surface area (TPSA) is 60.2 Å². The van der Waals surface area contributed by atoms with E-state index in [9.17, 15) is 0 Å². The summed E-state index contributed by atoms with van der Waals surface area (Å²) < 4.78 is 11.0. The maximum Gasteiger partial charge on any atom is 0.233 e. The minimum Gasteiger partial charge on any atom is -0.424 e. The van der Waals surface area contributed by atoms with Crippen LogP contribution in [-0.4, -0.2) is 30.0 Å². The Hall–Kier alpha value is -0.940. The molecule has 0 fully saturated rings. The zero-order valence-electron chi connectivity index (χ0n) is 11.7. The monoisotopic (exact) mass is 255 g/mol. The lowest BCUT2D eigenvalue weighted by Gasteiger charge is -2.11. The molecule has 0 bridgehead atoms. The maximum atomic E-state index is 5.67. The summed E-state index contributed by atoms with van der Waals surface area (Å²) >= 11 is 0. The van der Waals surface area contributed by atoms with Gasteiger partial charge in [0.2, 0.25) is 11.8 Å². The van der Waals surface area contributed by atoms with Crippen LogP contribution in [0.1, 0.15) is 57.9 Å². The molecule has 0 aliphatic rings. The van der Waals surface area contributed by atoms with Gasteiger partial charge in [-0.3, -0.25) is 0 Å². The quantitative estimate of drug-likeness (QED) is 0.651. The van der Waals surface area contributed by atoms with Crippen molar-refractivity contribution in [3.8, 4) is 0 Å². The van der Waals surface area contributed by atoms with Gasteiger partial charge in [-0.05, 0) is 32.7 Å². The first-order valence-corrected chi connectivity index (χ1v) is 6.95. The fourth-order valence-corrected chi connectivity index (χ4v) is 1.70. The number of nitrogens with one attached hydrogen (secondary N) is 1. The first-order chi connectivity index (χ1) is 8.81. The molecule has 104 valence electrons. The summed E-state index contributed by atoms with van der Waals surface area (Å²) in [5, 5.41) is 11.6. The van der Waals surface area contributed by atoms with E-state index >= 15 is 0 Å². The molecule has 0 amide bonds. The number of rotatable bonds is 10. The summed E-state index contributed by atoms with van der Waals surface area (Å²) in [5.41, 5.74) is 0. The molecule has 1 heterocycles. The van der Waals surface area contributed by atoms with Crippen LogP contribution in [0.5, 0.6) is 0 Å². The van der Waals surface area contributed by atoms with E-state index in [1.165, 1.54) is 0 Å². The van der Waals surface area contributed by atoms with E-state index in [1.54, 1.807) is 0 Å². The van der Waals surface area contributed by atoms with Crippen molar-refractivity contribution in [2.24, 2.45) is 0 Å². The molecule has 1 atom stereocenters. The van der Waals surface area contributed by atoms with Crippen molar-refractivity contribution in [2.45, 2.75) is 52.5 Å². The Morgan fingerprint density at radius 3 is 2.78 bits per heavy atom. The Labute approximate surface area is 109 Å². The molecule has 1 N–H and O–H groups in total. The van der Waals surface area contributed by atoms with Crippen molar-refractivity contribution in [3.05, 3.63) is 11.8 Å². The van der Waals surface area contributed by atoms with Crippen molar-refractivity contribution in [1.29, 1.82) is 0 Å². The van der Waals surface area contributed by atoms with Gasteiger partial charge in [0, 0.05) is 19.6 Å². The van der Waals surface area contributed by atoms with E-state index in [2.05, 4.69) is 29.4 Å². The van der Waals surface area contributed by atoms with Crippen molar-refractivity contribution < 1.29 is 9.15 Å². The summed E-state index contributed by atoms with van der Waals surface area (Å²) in [4.78, 5) is 0. The molecule has 5 heteroatoms. The molecule has 0 aliphatic carbocycles. The molecule has 1 unspecified atom stereocenters. The van der Waals surface area contributed by atoms with Crippen LogP contribution in [0.25, 0.3) is 0 Å². The minimum atomic E-state index is 0.179. The van der Waals surface area contributed by atoms with Gasteiger partial charge in [-0.15, -0.1) is 10.2 Å². The van der Waals surface area contributed by atoms with Crippen molar-refractivity contribution in [1.82, 2.24) is 15.5 Å². The van der Waals surface area contributed by atoms with E-state index in [1.807, 2.05) is 6.92 Å². The third kappa shape index (κ3) is 5.14. The van der Waals surface area contributed by atoms with Gasteiger partial charge in [-0.25, -0.2) is 0 Å². The third-order valence-corrected chi connectivity index (χ3v) is 2.71. The van der Waals surface area contributed by atoms with E-state index in [-0.39, 0.29) is 6.04 Å². The predicted molar refractivity (Wildman–Crippen MR) is 70.4 cm³/mol. The number of hydrogen-bond donors (Lipinski definition) is 1. The van der Waals surface area contributed by atoms with Crippen molar-refractivity contribution in [3.63, 3.8) is 0 Å². The third-order valence-electron chi connectivity index (χ3n) is 2.71. The summed E-state index contributed by atoms with van der Waals surface area (Å²) in [6.45, 7) is 8.74. The molecule has 0 aromatic carbocycles. The first kappa shape index (κ1) is 15.1. The standard InChI is InChI=1S/C13H25N3O2/c1-4-9-14-11(5-2)13-16-15-12(18-13)8-7-10-17-6-3/h11,14H,4-10H2,1-3H3.